The molecule has 2 aromatic carbocycles. The molecule has 1 amide bonds. The molecule has 0 aliphatic rings. The molecule has 27 heavy (non-hydrogen) atoms. The third kappa shape index (κ3) is 4.78. The first-order valence-electron chi connectivity index (χ1n) is 8.09. The minimum Gasteiger partial charge on any atom is -0.486 e. The van der Waals surface area contributed by atoms with Gasteiger partial charge in [0, 0.05) is 5.56 Å². The zero-order valence-electron chi connectivity index (χ0n) is 14.4. The molecule has 3 aromatic rings. The van der Waals surface area contributed by atoms with E-state index in [0.29, 0.717) is 11.5 Å². The standard InChI is InChI=1S/C20H16F2N2O3/c1-13(17-11-14(21)7-9-18(17)22)23-24-20(25)19-10-8-16(27-19)12-26-15-5-3-2-4-6-15/h2-11H,12H2,1H3,(H,24,25)/b23-13-. The summed E-state index contributed by atoms with van der Waals surface area (Å²) >= 11 is 0. The Kier molecular flexibility index (Phi) is 5.61. The van der Waals surface area contributed by atoms with Crippen LogP contribution in [0.25, 0.3) is 0 Å². The van der Waals surface area contributed by atoms with E-state index in [1.54, 1.807) is 18.2 Å². The highest BCUT2D eigenvalue weighted by molar-refractivity contribution is 6.00. The number of hydrogen-bond donors (Lipinski definition) is 1. The molecular weight excluding hydrogens is 354 g/mol. The summed E-state index contributed by atoms with van der Waals surface area (Å²) in [6.45, 7) is 1.62. The number of carbonyl (C=O) groups is 1. The Bertz CT molecular complexity index is 968. The number of para-hydroxylation sites is 1. The molecule has 0 fully saturated rings. The van der Waals surface area contributed by atoms with Crippen LogP contribution in [0.3, 0.4) is 0 Å². The Balaban J connectivity index is 1.61. The summed E-state index contributed by atoms with van der Waals surface area (Å²) in [4.78, 5) is 12.1. The van der Waals surface area contributed by atoms with Crippen molar-refractivity contribution >= 4 is 11.6 Å². The fourth-order valence-corrected chi connectivity index (χ4v) is 2.27. The van der Waals surface area contributed by atoms with Crippen LogP contribution in [0, 0.1) is 11.6 Å². The van der Waals surface area contributed by atoms with Gasteiger partial charge in [-0.15, -0.1) is 0 Å². The molecule has 0 spiro atoms. The number of furan rings is 1. The van der Waals surface area contributed by atoms with Crippen molar-refractivity contribution in [3.63, 3.8) is 0 Å². The second-order valence-electron chi connectivity index (χ2n) is 5.63. The van der Waals surface area contributed by atoms with Gasteiger partial charge in [-0.25, -0.2) is 14.2 Å². The van der Waals surface area contributed by atoms with E-state index in [9.17, 15) is 13.6 Å². The Morgan fingerprint density at radius 2 is 1.89 bits per heavy atom. The topological polar surface area (TPSA) is 63.8 Å². The molecule has 1 aromatic heterocycles. The average molecular weight is 370 g/mol. The molecule has 0 radical (unpaired) electrons. The van der Waals surface area contributed by atoms with Crippen molar-refractivity contribution in [1.29, 1.82) is 0 Å². The molecule has 0 aliphatic carbocycles. The molecule has 0 saturated heterocycles. The lowest BCUT2D eigenvalue weighted by molar-refractivity contribution is 0.0923. The number of halogens is 2. The van der Waals surface area contributed by atoms with Crippen molar-refractivity contribution in [3.05, 3.63) is 89.4 Å². The Hall–Kier alpha value is -3.48. The number of hydrazone groups is 1. The first kappa shape index (κ1) is 18.3. The fourth-order valence-electron chi connectivity index (χ4n) is 2.27. The van der Waals surface area contributed by atoms with Crippen molar-refractivity contribution in [3.8, 4) is 5.75 Å². The van der Waals surface area contributed by atoms with Crippen LogP contribution in [0.5, 0.6) is 5.75 Å². The van der Waals surface area contributed by atoms with Crippen LogP contribution >= 0.6 is 0 Å². The number of amides is 1. The maximum Gasteiger partial charge on any atom is 0.307 e. The minimum atomic E-state index is -0.634. The number of ether oxygens (including phenoxy) is 1. The van der Waals surface area contributed by atoms with Crippen LogP contribution in [-0.4, -0.2) is 11.6 Å². The summed E-state index contributed by atoms with van der Waals surface area (Å²) in [7, 11) is 0. The normalized spacial score (nSPS) is 11.3. The number of carbonyl (C=O) groups excluding carboxylic acids is 1. The summed E-state index contributed by atoms with van der Waals surface area (Å²) in [6.07, 6.45) is 0. The highest BCUT2D eigenvalue weighted by Crippen LogP contribution is 2.14. The number of nitrogens with one attached hydrogen (secondary N) is 1. The lowest BCUT2D eigenvalue weighted by Gasteiger charge is -2.04. The maximum absolute atomic E-state index is 13.7. The molecule has 0 aliphatic heterocycles. The van der Waals surface area contributed by atoms with Gasteiger partial charge in [0.15, 0.2) is 5.76 Å². The summed E-state index contributed by atoms with van der Waals surface area (Å²) in [5.41, 5.74) is 2.35. The Labute approximate surface area is 154 Å². The van der Waals surface area contributed by atoms with E-state index >= 15 is 0 Å². The van der Waals surface area contributed by atoms with E-state index in [1.807, 2.05) is 18.2 Å². The van der Waals surface area contributed by atoms with E-state index in [0.717, 1.165) is 18.2 Å². The smallest absolute Gasteiger partial charge is 0.307 e. The fraction of sp³-hybridized carbons (Fsp3) is 0.100. The molecule has 0 atom stereocenters. The van der Waals surface area contributed by atoms with Crippen molar-refractivity contribution in [2.45, 2.75) is 13.5 Å². The predicted octanol–water partition coefficient (Wildman–Crippen LogP) is 4.29. The Morgan fingerprint density at radius 3 is 2.67 bits per heavy atom. The van der Waals surface area contributed by atoms with Crippen LogP contribution in [0.1, 0.15) is 28.8 Å². The van der Waals surface area contributed by atoms with Gasteiger partial charge in [-0.2, -0.15) is 5.10 Å². The van der Waals surface area contributed by atoms with E-state index in [2.05, 4.69) is 10.5 Å². The SMILES string of the molecule is C/C(=N/NC(=O)c1ccc(COc2ccccc2)o1)c1cc(F)ccc1F. The van der Waals surface area contributed by atoms with Gasteiger partial charge in [0.05, 0.1) is 5.71 Å². The van der Waals surface area contributed by atoms with Gasteiger partial charge in [0.25, 0.3) is 0 Å². The third-order valence-electron chi connectivity index (χ3n) is 3.65. The average Bonchev–Trinajstić information content (AvgIpc) is 3.16. The molecule has 0 bridgehead atoms. The molecule has 3 rings (SSSR count). The van der Waals surface area contributed by atoms with Gasteiger partial charge in [0.1, 0.15) is 29.8 Å². The Morgan fingerprint density at radius 1 is 1.11 bits per heavy atom. The number of benzene rings is 2. The highest BCUT2D eigenvalue weighted by Gasteiger charge is 2.12. The summed E-state index contributed by atoms with van der Waals surface area (Å²) in [5, 5.41) is 3.79. The predicted molar refractivity (Wildman–Crippen MR) is 95.5 cm³/mol. The molecule has 0 saturated carbocycles. The quantitative estimate of drug-likeness (QED) is 0.520. The molecule has 0 unspecified atom stereocenters. The van der Waals surface area contributed by atoms with Crippen LogP contribution in [0.4, 0.5) is 8.78 Å². The molecule has 7 heteroatoms. The number of hydrogen-bond acceptors (Lipinski definition) is 4. The monoisotopic (exact) mass is 370 g/mol. The van der Waals surface area contributed by atoms with E-state index in [4.69, 9.17) is 9.15 Å². The van der Waals surface area contributed by atoms with Gasteiger partial charge in [-0.1, -0.05) is 18.2 Å². The van der Waals surface area contributed by atoms with Gasteiger partial charge >= 0.3 is 5.91 Å². The molecule has 1 heterocycles. The second kappa shape index (κ2) is 8.27. The number of nitrogens with zero attached hydrogens (tertiary/aromatic N) is 1. The third-order valence-corrected chi connectivity index (χ3v) is 3.65. The van der Waals surface area contributed by atoms with E-state index in [-0.39, 0.29) is 23.6 Å². The zero-order chi connectivity index (χ0) is 19.2. The number of rotatable bonds is 6. The summed E-state index contributed by atoms with van der Waals surface area (Å²) < 4.78 is 37.9. The van der Waals surface area contributed by atoms with Crippen molar-refractivity contribution < 1.29 is 22.7 Å². The van der Waals surface area contributed by atoms with Gasteiger partial charge < -0.3 is 9.15 Å². The minimum absolute atomic E-state index is 0.0259. The van der Waals surface area contributed by atoms with Crippen LogP contribution in [0.15, 0.2) is 70.2 Å². The van der Waals surface area contributed by atoms with Gasteiger partial charge in [-0.3, -0.25) is 4.79 Å². The molecule has 5 nitrogen and oxygen atoms in total. The van der Waals surface area contributed by atoms with Crippen LogP contribution in [0.2, 0.25) is 0 Å². The van der Waals surface area contributed by atoms with Crippen LogP contribution in [-0.2, 0) is 6.61 Å². The van der Waals surface area contributed by atoms with Crippen molar-refractivity contribution in [2.24, 2.45) is 5.10 Å². The van der Waals surface area contributed by atoms with Crippen molar-refractivity contribution in [1.82, 2.24) is 5.43 Å². The highest BCUT2D eigenvalue weighted by atomic mass is 19.1. The lowest BCUT2D eigenvalue weighted by Crippen LogP contribution is -2.19. The largest absolute Gasteiger partial charge is 0.486 e. The molecule has 1 N–H and O–H groups in total. The first-order chi connectivity index (χ1) is 13.0. The lowest BCUT2D eigenvalue weighted by atomic mass is 10.1. The van der Waals surface area contributed by atoms with Crippen molar-refractivity contribution in [2.75, 3.05) is 0 Å². The van der Waals surface area contributed by atoms with E-state index in [1.165, 1.54) is 13.0 Å². The first-order valence-corrected chi connectivity index (χ1v) is 8.09. The zero-order valence-corrected chi connectivity index (χ0v) is 14.4. The summed E-state index contributed by atoms with van der Waals surface area (Å²) in [6, 6.07) is 15.3. The van der Waals surface area contributed by atoms with Gasteiger partial charge in [-0.05, 0) is 49.4 Å². The molecular formula is C20H16F2N2O3. The molecule has 138 valence electrons. The van der Waals surface area contributed by atoms with Gasteiger partial charge in [0.2, 0.25) is 0 Å². The maximum atomic E-state index is 13.7. The van der Waals surface area contributed by atoms with Crippen LogP contribution < -0.4 is 10.2 Å². The van der Waals surface area contributed by atoms with E-state index < -0.39 is 17.5 Å². The summed E-state index contributed by atoms with van der Waals surface area (Å²) in [5.74, 6) is -0.681. The second-order valence-corrected chi connectivity index (χ2v) is 5.63.